The number of aromatic nitrogens is 2. The van der Waals surface area contributed by atoms with Crippen LogP contribution in [0.1, 0.15) is 32.7 Å². The van der Waals surface area contributed by atoms with E-state index >= 15 is 0 Å². The van der Waals surface area contributed by atoms with Crippen molar-refractivity contribution < 1.29 is 0 Å². The Morgan fingerprint density at radius 2 is 2.07 bits per heavy atom. The fourth-order valence-corrected chi connectivity index (χ4v) is 2.41. The van der Waals surface area contributed by atoms with Crippen molar-refractivity contribution in [2.24, 2.45) is 0 Å². The highest BCUT2D eigenvalue weighted by molar-refractivity contribution is 14.1. The third-order valence-corrected chi connectivity index (χ3v) is 3.52. The van der Waals surface area contributed by atoms with Gasteiger partial charge in [-0.2, -0.15) is 5.10 Å². The zero-order chi connectivity index (χ0) is 10.8. The molecule has 0 saturated carbocycles. The van der Waals surface area contributed by atoms with Crippen LogP contribution < -0.4 is 0 Å². The van der Waals surface area contributed by atoms with Gasteiger partial charge in [0, 0.05) is 8.96 Å². The molecule has 0 aliphatic rings. The van der Waals surface area contributed by atoms with Crippen LogP contribution in [-0.4, -0.2) is 9.78 Å². The molecule has 0 N–H and O–H groups in total. The summed E-state index contributed by atoms with van der Waals surface area (Å²) >= 11 is 2.35. The first kappa shape index (κ1) is 10.9. The topological polar surface area (TPSA) is 17.8 Å². The van der Waals surface area contributed by atoms with Gasteiger partial charge < -0.3 is 0 Å². The Morgan fingerprint density at radius 1 is 1.33 bits per heavy atom. The van der Waals surface area contributed by atoms with E-state index in [0.717, 1.165) is 12.8 Å². The predicted molar refractivity (Wildman–Crippen MR) is 72.1 cm³/mol. The molecular formula is C12H15IN2. The van der Waals surface area contributed by atoms with Crippen LogP contribution in [0.25, 0.3) is 10.9 Å². The van der Waals surface area contributed by atoms with E-state index in [1.807, 2.05) is 6.20 Å². The Kier molecular flexibility index (Phi) is 3.29. The smallest absolute Gasteiger partial charge is 0.0696 e. The fraction of sp³-hybridized carbons (Fsp3) is 0.417. The van der Waals surface area contributed by atoms with Crippen LogP contribution in [0, 0.1) is 3.57 Å². The van der Waals surface area contributed by atoms with Crippen LogP contribution >= 0.6 is 22.6 Å². The molecule has 3 heteroatoms. The van der Waals surface area contributed by atoms with Crippen LogP contribution in [0.4, 0.5) is 0 Å². The van der Waals surface area contributed by atoms with Gasteiger partial charge in [0.2, 0.25) is 0 Å². The molecule has 80 valence electrons. The molecule has 0 saturated heterocycles. The van der Waals surface area contributed by atoms with Crippen molar-refractivity contribution in [3.05, 3.63) is 28.0 Å². The van der Waals surface area contributed by atoms with E-state index in [0.29, 0.717) is 6.04 Å². The molecule has 1 heterocycles. The Labute approximate surface area is 104 Å². The molecule has 0 spiro atoms. The fourth-order valence-electron chi connectivity index (χ4n) is 1.94. The molecule has 1 aromatic carbocycles. The SMILES string of the molecule is CCC(CC)n1ncc2ccc(I)cc21. The Bertz CT molecular complexity index is 458. The van der Waals surface area contributed by atoms with Crippen molar-refractivity contribution in [2.45, 2.75) is 32.7 Å². The predicted octanol–water partition coefficient (Wildman–Crippen LogP) is 4.00. The zero-order valence-electron chi connectivity index (χ0n) is 9.07. The van der Waals surface area contributed by atoms with Crippen molar-refractivity contribution in [2.75, 3.05) is 0 Å². The number of hydrogen-bond acceptors (Lipinski definition) is 1. The van der Waals surface area contributed by atoms with E-state index in [1.54, 1.807) is 0 Å². The summed E-state index contributed by atoms with van der Waals surface area (Å²) in [7, 11) is 0. The van der Waals surface area contributed by atoms with E-state index in [2.05, 4.69) is 64.4 Å². The van der Waals surface area contributed by atoms with Crippen LogP contribution in [0.2, 0.25) is 0 Å². The van der Waals surface area contributed by atoms with Gasteiger partial charge in [0.1, 0.15) is 0 Å². The van der Waals surface area contributed by atoms with E-state index in [4.69, 9.17) is 0 Å². The first-order chi connectivity index (χ1) is 7.26. The molecule has 0 unspecified atom stereocenters. The quantitative estimate of drug-likeness (QED) is 0.783. The highest BCUT2D eigenvalue weighted by Gasteiger charge is 2.10. The molecule has 0 atom stereocenters. The summed E-state index contributed by atoms with van der Waals surface area (Å²) in [6.45, 7) is 4.44. The normalized spacial score (nSPS) is 11.5. The van der Waals surface area contributed by atoms with E-state index in [1.165, 1.54) is 14.5 Å². The first-order valence-electron chi connectivity index (χ1n) is 5.39. The highest BCUT2D eigenvalue weighted by atomic mass is 127. The average Bonchev–Trinajstić information content (AvgIpc) is 2.64. The summed E-state index contributed by atoms with van der Waals surface area (Å²) in [5, 5.41) is 5.73. The van der Waals surface area contributed by atoms with Crippen molar-refractivity contribution in [3.63, 3.8) is 0 Å². The Balaban J connectivity index is 2.55. The standard InChI is InChI=1S/C12H15IN2/c1-3-11(4-2)15-12-7-10(13)6-5-9(12)8-14-15/h5-8,11H,3-4H2,1-2H3. The summed E-state index contributed by atoms with van der Waals surface area (Å²) in [5.74, 6) is 0. The molecule has 0 bridgehead atoms. The van der Waals surface area contributed by atoms with Gasteiger partial charge in [-0.15, -0.1) is 0 Å². The van der Waals surface area contributed by atoms with Crippen molar-refractivity contribution in [3.8, 4) is 0 Å². The summed E-state index contributed by atoms with van der Waals surface area (Å²) in [5.41, 5.74) is 1.26. The summed E-state index contributed by atoms with van der Waals surface area (Å²) < 4.78 is 3.44. The van der Waals surface area contributed by atoms with E-state index in [-0.39, 0.29) is 0 Å². The summed E-state index contributed by atoms with van der Waals surface area (Å²) in [4.78, 5) is 0. The van der Waals surface area contributed by atoms with Gasteiger partial charge in [0.15, 0.2) is 0 Å². The average molecular weight is 314 g/mol. The lowest BCUT2D eigenvalue weighted by atomic mass is 10.1. The minimum atomic E-state index is 0.528. The maximum absolute atomic E-state index is 4.49. The minimum absolute atomic E-state index is 0.528. The summed E-state index contributed by atoms with van der Waals surface area (Å²) in [6, 6.07) is 7.01. The maximum Gasteiger partial charge on any atom is 0.0696 e. The minimum Gasteiger partial charge on any atom is -0.262 e. The Hall–Kier alpha value is -0.580. The second-order valence-electron chi connectivity index (χ2n) is 3.76. The maximum atomic E-state index is 4.49. The Morgan fingerprint density at radius 3 is 2.73 bits per heavy atom. The van der Waals surface area contributed by atoms with Crippen LogP contribution in [0.5, 0.6) is 0 Å². The van der Waals surface area contributed by atoms with Gasteiger partial charge in [-0.1, -0.05) is 19.9 Å². The molecular weight excluding hydrogens is 299 g/mol. The number of rotatable bonds is 3. The van der Waals surface area contributed by atoms with Gasteiger partial charge >= 0.3 is 0 Å². The van der Waals surface area contributed by atoms with Crippen LogP contribution in [0.15, 0.2) is 24.4 Å². The molecule has 0 fully saturated rings. The molecule has 2 aromatic rings. The lowest BCUT2D eigenvalue weighted by molar-refractivity contribution is 0.441. The van der Waals surface area contributed by atoms with Crippen molar-refractivity contribution in [1.82, 2.24) is 9.78 Å². The number of nitrogens with zero attached hydrogens (tertiary/aromatic N) is 2. The van der Waals surface area contributed by atoms with Gasteiger partial charge in [-0.3, -0.25) is 4.68 Å². The molecule has 0 radical (unpaired) electrons. The third kappa shape index (κ3) is 2.02. The second kappa shape index (κ2) is 4.51. The lowest BCUT2D eigenvalue weighted by Crippen LogP contribution is -2.08. The zero-order valence-corrected chi connectivity index (χ0v) is 11.2. The van der Waals surface area contributed by atoms with Crippen LogP contribution in [0.3, 0.4) is 0 Å². The lowest BCUT2D eigenvalue weighted by Gasteiger charge is -2.14. The molecule has 2 rings (SSSR count). The van der Waals surface area contributed by atoms with Gasteiger partial charge in [-0.25, -0.2) is 0 Å². The monoisotopic (exact) mass is 314 g/mol. The molecule has 0 aliphatic carbocycles. The number of benzene rings is 1. The van der Waals surface area contributed by atoms with E-state index in [9.17, 15) is 0 Å². The van der Waals surface area contributed by atoms with Crippen LogP contribution in [-0.2, 0) is 0 Å². The van der Waals surface area contributed by atoms with Crippen molar-refractivity contribution >= 4 is 33.5 Å². The molecule has 0 aliphatic heterocycles. The highest BCUT2D eigenvalue weighted by Crippen LogP contribution is 2.23. The number of hydrogen-bond donors (Lipinski definition) is 0. The third-order valence-electron chi connectivity index (χ3n) is 2.85. The van der Waals surface area contributed by atoms with Gasteiger partial charge in [0.25, 0.3) is 0 Å². The van der Waals surface area contributed by atoms with Crippen molar-refractivity contribution in [1.29, 1.82) is 0 Å². The van der Waals surface area contributed by atoms with E-state index < -0.39 is 0 Å². The molecule has 0 amide bonds. The molecule has 15 heavy (non-hydrogen) atoms. The second-order valence-corrected chi connectivity index (χ2v) is 5.01. The van der Waals surface area contributed by atoms with Gasteiger partial charge in [0.05, 0.1) is 17.8 Å². The molecule has 2 nitrogen and oxygen atoms in total. The largest absolute Gasteiger partial charge is 0.262 e. The summed E-state index contributed by atoms with van der Waals surface area (Å²) in [6.07, 6.45) is 4.24. The van der Waals surface area contributed by atoms with Gasteiger partial charge in [-0.05, 0) is 47.6 Å². The molecule has 1 aromatic heterocycles. The number of halogens is 1. The first-order valence-corrected chi connectivity index (χ1v) is 6.47. The number of fused-ring (bicyclic) bond motifs is 1.